The number of rotatable bonds is 4. The van der Waals surface area contributed by atoms with E-state index in [1.807, 2.05) is 0 Å². The summed E-state index contributed by atoms with van der Waals surface area (Å²) in [5, 5.41) is 19.4. The lowest BCUT2D eigenvalue weighted by Crippen LogP contribution is -2.46. The van der Waals surface area contributed by atoms with Crippen LogP contribution in [0.3, 0.4) is 0 Å². The fourth-order valence-electron chi connectivity index (χ4n) is 2.22. The molecule has 0 bridgehead atoms. The summed E-state index contributed by atoms with van der Waals surface area (Å²) in [5.74, 6) is -0.504. The van der Waals surface area contributed by atoms with Gasteiger partial charge in [-0.15, -0.1) is 0 Å². The van der Waals surface area contributed by atoms with Crippen LogP contribution in [0.2, 0.25) is 0 Å². The van der Waals surface area contributed by atoms with Gasteiger partial charge in [0.05, 0.1) is 0 Å². The molecule has 0 amide bonds. The van der Waals surface area contributed by atoms with Crippen LogP contribution in [0.5, 0.6) is 5.75 Å². The summed E-state index contributed by atoms with van der Waals surface area (Å²) in [7, 11) is 0. The minimum absolute atomic E-state index is 0.154. The van der Waals surface area contributed by atoms with Gasteiger partial charge >= 0.3 is 6.18 Å². The monoisotopic (exact) mass is 303 g/mol. The summed E-state index contributed by atoms with van der Waals surface area (Å²) >= 11 is 0. The van der Waals surface area contributed by atoms with Crippen LogP contribution in [0.4, 0.5) is 13.2 Å². The van der Waals surface area contributed by atoms with E-state index in [0.29, 0.717) is 0 Å². The highest BCUT2D eigenvalue weighted by atomic mass is 19.4. The zero-order valence-electron chi connectivity index (χ0n) is 12.1. The first kappa shape index (κ1) is 17.5. The molecule has 0 spiro atoms. The summed E-state index contributed by atoms with van der Waals surface area (Å²) in [6, 6.07) is 3.98. The highest BCUT2D eigenvalue weighted by molar-refractivity contribution is 5.94. The summed E-state index contributed by atoms with van der Waals surface area (Å²) in [6.45, 7) is 7.01. The van der Waals surface area contributed by atoms with Crippen LogP contribution in [-0.4, -0.2) is 27.8 Å². The van der Waals surface area contributed by atoms with Gasteiger partial charge in [0.1, 0.15) is 5.75 Å². The van der Waals surface area contributed by atoms with Crippen LogP contribution >= 0.6 is 0 Å². The average Bonchev–Trinajstić information content (AvgIpc) is 2.25. The van der Waals surface area contributed by atoms with E-state index in [1.54, 1.807) is 0 Å². The number of carbonyl (C=O) groups excluding carboxylic acids is 1. The van der Waals surface area contributed by atoms with Crippen LogP contribution < -0.4 is 0 Å². The Kier molecular flexibility index (Phi) is 4.44. The summed E-state index contributed by atoms with van der Waals surface area (Å²) < 4.78 is 38.3. The van der Waals surface area contributed by atoms with Crippen molar-refractivity contribution in [1.29, 1.82) is 0 Å². The molecule has 2 N–H and O–H groups in total. The van der Waals surface area contributed by atoms with E-state index in [-0.39, 0.29) is 22.7 Å². The molecule has 0 aliphatic carbocycles. The summed E-state index contributed by atoms with van der Waals surface area (Å²) in [6.07, 6.45) is -5.64. The molecule has 0 saturated heterocycles. The molecule has 0 aliphatic rings. The van der Waals surface area contributed by atoms with Gasteiger partial charge in [-0.3, -0.25) is 4.79 Å². The molecule has 3 nitrogen and oxygen atoms in total. The van der Waals surface area contributed by atoms with Crippen LogP contribution in [0.25, 0.3) is 0 Å². The number of benzene rings is 1. The summed E-state index contributed by atoms with van der Waals surface area (Å²) in [4.78, 5) is 11.4. The maximum Gasteiger partial charge on any atom is 0.417 e. The van der Waals surface area contributed by atoms with E-state index < -0.39 is 23.6 Å². The number of alkyl halides is 3. The normalized spacial score (nSPS) is 15.6. The third kappa shape index (κ3) is 3.75. The number of hydrogen-bond acceptors (Lipinski definition) is 3. The maximum atomic E-state index is 12.8. The van der Waals surface area contributed by atoms with E-state index in [4.69, 9.17) is 0 Å². The Morgan fingerprint density at radius 2 is 1.81 bits per heavy atom. The van der Waals surface area contributed by atoms with E-state index in [2.05, 4.69) is 6.92 Å². The lowest BCUT2D eigenvalue weighted by Gasteiger charge is -2.35. The fourth-order valence-corrected chi connectivity index (χ4v) is 2.22. The van der Waals surface area contributed by atoms with E-state index in [0.717, 1.165) is 0 Å². The Morgan fingerprint density at radius 3 is 2.24 bits per heavy atom. The highest BCUT2D eigenvalue weighted by Gasteiger charge is 2.52. The first-order chi connectivity index (χ1) is 9.28. The molecule has 0 heterocycles. The molecule has 1 atom stereocenters. The molecule has 0 saturated carbocycles. The topological polar surface area (TPSA) is 57.5 Å². The molecular formula is C15H18F3O3. The van der Waals surface area contributed by atoms with Gasteiger partial charge in [0.2, 0.25) is 0 Å². The minimum atomic E-state index is -4.89. The summed E-state index contributed by atoms with van der Waals surface area (Å²) in [5.41, 5.74) is -3.95. The number of phenolic OH excluding ortho intramolecular Hbond substituents is 1. The number of ketones is 1. The number of halogens is 3. The second kappa shape index (κ2) is 5.33. The van der Waals surface area contributed by atoms with Crippen molar-refractivity contribution in [2.75, 3.05) is 0 Å². The van der Waals surface area contributed by atoms with Gasteiger partial charge in [-0.2, -0.15) is 13.2 Å². The zero-order valence-corrected chi connectivity index (χ0v) is 12.1. The quantitative estimate of drug-likeness (QED) is 0.838. The number of phenols is 1. The number of carbonyl (C=O) groups is 1. The lowest BCUT2D eigenvalue weighted by atomic mass is 9.74. The van der Waals surface area contributed by atoms with Crippen molar-refractivity contribution in [1.82, 2.24) is 0 Å². The van der Waals surface area contributed by atoms with Crippen molar-refractivity contribution < 1.29 is 28.2 Å². The zero-order chi connectivity index (χ0) is 16.6. The highest BCUT2D eigenvalue weighted by Crippen LogP contribution is 2.42. The van der Waals surface area contributed by atoms with Gasteiger partial charge in [-0.25, -0.2) is 0 Å². The number of Topliss-reactive ketones (excluding diaryl/α,β-unsaturated/α-hetero) is 1. The van der Waals surface area contributed by atoms with Crippen LogP contribution in [-0.2, 0) is 5.41 Å². The molecule has 117 valence electrons. The van der Waals surface area contributed by atoms with Gasteiger partial charge in [-0.1, -0.05) is 13.8 Å². The molecule has 21 heavy (non-hydrogen) atoms. The Morgan fingerprint density at radius 1 is 1.29 bits per heavy atom. The lowest BCUT2D eigenvalue weighted by molar-refractivity contribution is -0.247. The second-order valence-electron chi connectivity index (χ2n) is 5.88. The largest absolute Gasteiger partial charge is 0.508 e. The smallest absolute Gasteiger partial charge is 0.417 e. The molecule has 0 aliphatic heterocycles. The predicted octanol–water partition coefficient (Wildman–Crippen LogP) is 3.39. The molecule has 6 heteroatoms. The van der Waals surface area contributed by atoms with Crippen molar-refractivity contribution in [3.63, 3.8) is 0 Å². The Hall–Kier alpha value is -1.56. The second-order valence-corrected chi connectivity index (χ2v) is 5.88. The van der Waals surface area contributed by atoms with Crippen molar-refractivity contribution >= 4 is 5.78 Å². The SMILES string of the molecule is [CH2]C(O)(CC(C)(C)c1cc(C(C)=O)ccc1O)C(F)(F)F. The molecule has 1 unspecified atom stereocenters. The predicted molar refractivity (Wildman–Crippen MR) is 72.1 cm³/mol. The third-order valence-electron chi connectivity index (χ3n) is 3.39. The van der Waals surface area contributed by atoms with Gasteiger partial charge < -0.3 is 10.2 Å². The van der Waals surface area contributed by atoms with Crippen molar-refractivity contribution in [3.8, 4) is 5.75 Å². The number of aliphatic hydroxyl groups is 1. The third-order valence-corrected chi connectivity index (χ3v) is 3.39. The molecule has 0 fully saturated rings. The van der Waals surface area contributed by atoms with E-state index in [1.165, 1.54) is 39.0 Å². The van der Waals surface area contributed by atoms with Gasteiger partial charge in [-0.05, 0) is 43.9 Å². The maximum absolute atomic E-state index is 12.8. The molecular weight excluding hydrogens is 285 g/mol. The Balaban J connectivity index is 3.25. The van der Waals surface area contributed by atoms with Gasteiger partial charge in [0.15, 0.2) is 11.4 Å². The molecule has 1 aromatic rings. The van der Waals surface area contributed by atoms with Crippen molar-refractivity contribution in [2.24, 2.45) is 0 Å². The van der Waals surface area contributed by atoms with Crippen LogP contribution in [0.15, 0.2) is 18.2 Å². The first-order valence-electron chi connectivity index (χ1n) is 6.27. The standard InChI is InChI=1S/C15H18F3O3/c1-9(19)10-5-6-12(20)11(7-10)13(2,3)8-14(4,21)15(16,17)18/h5-7,20-21H,4,8H2,1-3H3. The van der Waals surface area contributed by atoms with Gasteiger partial charge in [0, 0.05) is 11.1 Å². The van der Waals surface area contributed by atoms with Crippen LogP contribution in [0, 0.1) is 6.92 Å². The van der Waals surface area contributed by atoms with Gasteiger partial charge in [0.25, 0.3) is 0 Å². The minimum Gasteiger partial charge on any atom is -0.508 e. The van der Waals surface area contributed by atoms with E-state index >= 15 is 0 Å². The fraction of sp³-hybridized carbons (Fsp3) is 0.467. The molecule has 1 rings (SSSR count). The number of aromatic hydroxyl groups is 1. The molecule has 1 radical (unpaired) electrons. The average molecular weight is 303 g/mol. The van der Waals surface area contributed by atoms with Crippen LogP contribution in [0.1, 0.15) is 43.1 Å². The molecule has 0 aromatic heterocycles. The van der Waals surface area contributed by atoms with E-state index in [9.17, 15) is 28.2 Å². The van der Waals surface area contributed by atoms with Crippen molar-refractivity contribution in [2.45, 2.75) is 44.4 Å². The molecule has 1 aromatic carbocycles. The Labute approximate surface area is 121 Å². The Bertz CT molecular complexity index is 546. The van der Waals surface area contributed by atoms with Crippen molar-refractivity contribution in [3.05, 3.63) is 36.2 Å². The first-order valence-corrected chi connectivity index (χ1v) is 6.27. The number of hydrogen-bond donors (Lipinski definition) is 2.